The van der Waals surface area contributed by atoms with Crippen LogP contribution in [0.5, 0.6) is 0 Å². The zero-order valence-electron chi connectivity index (χ0n) is 4.93. The molecule has 0 aromatic rings. The van der Waals surface area contributed by atoms with Gasteiger partial charge < -0.3 is 5.48 Å². The van der Waals surface area contributed by atoms with Crippen LogP contribution in [-0.2, 0) is 71.6 Å². The summed E-state index contributed by atoms with van der Waals surface area (Å²) in [6, 6.07) is 0. The standard InChI is InChI=1S/Ba.Co.Cr.La.Mn.Ni.3H2O.2O/h;;;;;;3*1H2;;/q;;+2;;;;;;;;/p-2. The maximum absolute atomic E-state index is 8.82. The summed E-state index contributed by atoms with van der Waals surface area (Å²) in [5.41, 5.74) is 0. The van der Waals surface area contributed by atoms with Gasteiger partial charge in [0.1, 0.15) is 0 Å². The summed E-state index contributed by atoms with van der Waals surface area (Å²) in [5, 5.41) is 0. The van der Waals surface area contributed by atoms with Crippen molar-refractivity contribution in [3.05, 3.63) is 0 Å². The topological polar surface area (TPSA) is 106 Å². The van der Waals surface area contributed by atoms with E-state index in [1.807, 2.05) is 0 Å². The maximum atomic E-state index is 8.82. The quantitative estimate of drug-likeness (QED) is 0.306. The molecule has 0 aliphatic carbocycles. The molecule has 0 fully saturated rings. The van der Waals surface area contributed by atoms with E-state index in [9.17, 15) is 0 Å². The minimum atomic E-state index is -5.25. The molecule has 0 aliphatic rings. The summed E-state index contributed by atoms with van der Waals surface area (Å²) < 4.78 is 31.9. The molecule has 0 unspecified atom stereocenters. The van der Waals surface area contributed by atoms with E-state index in [0.717, 1.165) is 0 Å². The molecule has 0 aliphatic heterocycles. The second kappa shape index (κ2) is 23.8. The third-order valence-electron chi connectivity index (χ3n) is 0. The molecule has 0 saturated heterocycles. The molecule has 5 nitrogen and oxygen atoms in total. The summed E-state index contributed by atoms with van der Waals surface area (Å²) in [4.78, 5) is 0. The van der Waals surface area contributed by atoms with Crippen molar-refractivity contribution < 1.29 is 121 Å². The van der Waals surface area contributed by atoms with Crippen molar-refractivity contribution in [2.75, 3.05) is 0 Å². The molecule has 0 aromatic heterocycles. The first-order chi connectivity index (χ1) is 2.00. The molecule has 0 saturated carbocycles. The fourth-order valence-corrected chi connectivity index (χ4v) is 0. The second-order valence-corrected chi connectivity index (χ2v) is 1.85. The van der Waals surface area contributed by atoms with E-state index in [0.29, 0.717) is 0 Å². The summed E-state index contributed by atoms with van der Waals surface area (Å²) in [5.74, 6) is 0. The van der Waals surface area contributed by atoms with Crippen molar-refractivity contribution in [1.29, 1.82) is 0 Å². The van der Waals surface area contributed by atoms with Crippen molar-refractivity contribution >= 4 is 48.9 Å². The molecule has 0 bridgehead atoms. The van der Waals surface area contributed by atoms with Crippen LogP contribution in [0, 0.1) is 35.6 Å². The first-order valence-corrected chi connectivity index (χ1v) is 2.88. The van der Waals surface area contributed by atoms with Gasteiger partial charge in [0.2, 0.25) is 0 Å². The van der Waals surface area contributed by atoms with Crippen molar-refractivity contribution in [2.24, 2.45) is 0 Å². The van der Waals surface area contributed by atoms with E-state index in [1.165, 1.54) is 0 Å². The normalized spacial score (nSPS) is 5.27. The Morgan fingerprint density at radius 2 is 1.09 bits per heavy atom. The fourth-order valence-electron chi connectivity index (χ4n) is 0. The first kappa shape index (κ1) is 45.4. The van der Waals surface area contributed by atoms with Crippen LogP contribution in [0.15, 0.2) is 0 Å². The van der Waals surface area contributed by atoms with Crippen LogP contribution in [0.1, 0.15) is 0 Å². The molecule has 5 radical (unpaired) electrons. The third-order valence-corrected chi connectivity index (χ3v) is 0. The van der Waals surface area contributed by atoms with E-state index in [2.05, 4.69) is 0 Å². The molecule has 71 valence electrons. The summed E-state index contributed by atoms with van der Waals surface area (Å²) in [6.07, 6.45) is 0. The molecule has 11 heavy (non-hydrogen) atoms. The Kier molecular flexibility index (Phi) is 98.4. The predicted molar refractivity (Wildman–Crippen MR) is 15.2 cm³/mol. The fraction of sp³-hybridized carbons (Fsp3) is 0. The molecule has 0 atom stereocenters. The van der Waals surface area contributed by atoms with Gasteiger partial charge in [0.25, 0.3) is 0 Å². The van der Waals surface area contributed by atoms with Gasteiger partial charge in [-0.05, 0) is 0 Å². The Hall–Kier alpha value is 4.30. The monoisotopic (exact) mass is 585 g/mol. The summed E-state index contributed by atoms with van der Waals surface area (Å²) in [7, 11) is 0. The Morgan fingerprint density at radius 3 is 1.09 bits per heavy atom. The summed E-state index contributed by atoms with van der Waals surface area (Å²) >= 11 is -5.25. The van der Waals surface area contributed by atoms with Gasteiger partial charge in [-0.15, -0.1) is 0 Å². The van der Waals surface area contributed by atoms with Crippen LogP contribution >= 0.6 is 0 Å². The van der Waals surface area contributed by atoms with Gasteiger partial charge in [0.05, 0.1) is 0 Å². The van der Waals surface area contributed by atoms with Gasteiger partial charge >= 0.3 is 29.5 Å². The Bertz CT molecular complexity index is 110. The van der Waals surface area contributed by atoms with Crippen LogP contribution < -0.4 is 0 Å². The minimum absolute atomic E-state index is 0. The average molecular weight is 585 g/mol. The molecule has 0 amide bonds. The zero-order valence-corrected chi connectivity index (χ0v) is 17.5. The predicted octanol–water partition coefficient (Wildman–Crippen LogP) is -2.57. The number of hydrogen-bond acceptors (Lipinski definition) is 2. The molecule has 0 heterocycles. The van der Waals surface area contributed by atoms with Crippen LogP contribution in [-0.4, -0.2) is 62.7 Å². The SMILES string of the molecule is O.[Ba].[Co].[La].[Mn].[Ni].[O]=[Cr](=[O])([OH])[OH]. The van der Waals surface area contributed by atoms with Crippen LogP contribution in [0.4, 0.5) is 0 Å². The van der Waals surface area contributed by atoms with Crippen molar-refractivity contribution in [3.63, 3.8) is 0 Å². The van der Waals surface area contributed by atoms with Crippen molar-refractivity contribution in [3.8, 4) is 0 Å². The first-order valence-electron chi connectivity index (χ1n) is 0.698. The van der Waals surface area contributed by atoms with Gasteiger partial charge in [-0.3, -0.25) is 0 Å². The molecule has 0 rings (SSSR count). The molecule has 0 spiro atoms. The number of hydrogen-bond donors (Lipinski definition) is 2. The van der Waals surface area contributed by atoms with E-state index in [1.54, 1.807) is 0 Å². The van der Waals surface area contributed by atoms with Crippen LogP contribution in [0.2, 0.25) is 0 Å². The Balaban J connectivity index is -0.00000000533. The van der Waals surface area contributed by atoms with Gasteiger partial charge in [0.15, 0.2) is 0 Å². The van der Waals surface area contributed by atoms with E-state index >= 15 is 0 Å². The van der Waals surface area contributed by atoms with Crippen molar-refractivity contribution in [2.45, 2.75) is 0 Å². The van der Waals surface area contributed by atoms with Crippen molar-refractivity contribution in [1.82, 2.24) is 0 Å². The second-order valence-electron chi connectivity index (χ2n) is 0.448. The van der Waals surface area contributed by atoms with Gasteiger partial charge in [-0.1, -0.05) is 0 Å². The van der Waals surface area contributed by atoms with Gasteiger partial charge in [0, 0.05) is 135 Å². The Morgan fingerprint density at radius 1 is 1.09 bits per heavy atom. The Labute approximate surface area is 166 Å². The third kappa shape index (κ3) is 117. The van der Waals surface area contributed by atoms with E-state index in [-0.39, 0.29) is 140 Å². The van der Waals surface area contributed by atoms with Crippen LogP contribution in [0.25, 0.3) is 0 Å². The van der Waals surface area contributed by atoms with Crippen LogP contribution in [0.3, 0.4) is 0 Å². The molecular weight excluding hydrogens is 581 g/mol. The molecule has 0 aromatic carbocycles. The van der Waals surface area contributed by atoms with Gasteiger partial charge in [-0.25, -0.2) is 0 Å². The molecule has 11 heteroatoms. The number of rotatable bonds is 0. The van der Waals surface area contributed by atoms with Gasteiger partial charge in [-0.2, -0.15) is 0 Å². The van der Waals surface area contributed by atoms with E-state index in [4.69, 9.17) is 15.9 Å². The van der Waals surface area contributed by atoms with E-state index < -0.39 is 13.6 Å². The molecule has 4 N–H and O–H groups in total. The molecular formula is H4BaCoCrLaMnNiO5. The zero-order chi connectivity index (χ0) is 4.50. The average Bonchev–Trinajstić information content (AvgIpc) is 0.722. The summed E-state index contributed by atoms with van der Waals surface area (Å²) in [6.45, 7) is 0.